The SMILES string of the molecule is CC1(O)CCCN(C(=O)OC(C)(C)C)C1.Cc1cc(Cl)cc(Br)c1OC1(C(F)(F)F)CCCN(C(=O)OC(C)(C)C)C1.Cc1cc(N)cc(Br)c1OC1(C(F)(F)F)CCCN(C(=O)OC(C)(C)C)C1.Cc1cc([N+](=O)[O-])cc(Br)c1F.Cc1cc([N+](=O)[O-])cc(Br)c1OC1(C(F)(F)F)CCCN(C(=O)OC(C)(C)C)C1. The number of alkyl halides is 9. The third-order valence-electron chi connectivity index (χ3n) is 16.4. The van der Waals surface area contributed by atoms with Crippen molar-refractivity contribution in [3.63, 3.8) is 0 Å². The van der Waals surface area contributed by atoms with Gasteiger partial charge in [-0.3, -0.25) is 20.2 Å². The highest BCUT2D eigenvalue weighted by atomic mass is 79.9. The second kappa shape index (κ2) is 37.1. The molecule has 4 heterocycles. The van der Waals surface area contributed by atoms with Gasteiger partial charge in [-0.25, -0.2) is 23.6 Å². The van der Waals surface area contributed by atoms with Crippen LogP contribution in [0.3, 0.4) is 0 Å². The van der Waals surface area contributed by atoms with Gasteiger partial charge in [0.1, 0.15) is 45.5 Å². The van der Waals surface area contributed by atoms with Gasteiger partial charge in [0.05, 0.1) is 59.5 Å². The zero-order valence-electron chi connectivity index (χ0n) is 63.9. The lowest BCUT2D eigenvalue weighted by atomic mass is 9.91. The van der Waals surface area contributed by atoms with Crippen LogP contribution < -0.4 is 19.9 Å². The molecule has 4 saturated heterocycles. The average molecular weight is 1860 g/mol. The first-order valence-corrected chi connectivity index (χ1v) is 37.9. The number of non-ortho nitro benzene ring substituents is 2. The van der Waals surface area contributed by atoms with E-state index in [9.17, 15) is 88.4 Å². The van der Waals surface area contributed by atoms with Crippen LogP contribution in [-0.4, -0.2) is 175 Å². The van der Waals surface area contributed by atoms with Gasteiger partial charge in [0.2, 0.25) is 16.8 Å². The van der Waals surface area contributed by atoms with E-state index in [-0.39, 0.29) is 113 Å². The number of nitrogens with zero attached hydrogens (tertiary/aromatic N) is 6. The highest BCUT2D eigenvalue weighted by Gasteiger charge is 2.63. The normalized spacial score (nSPS) is 20.6. The minimum atomic E-state index is -4.79. The first-order valence-electron chi connectivity index (χ1n) is 34.3. The quantitative estimate of drug-likeness (QED) is 0.0545. The van der Waals surface area contributed by atoms with E-state index in [1.807, 2.05) is 20.8 Å². The number of β-amino-alcohol motifs (C(OH)–C–C–N with tert-alkyl or cyclic N) is 1. The Morgan fingerprint density at radius 3 is 1.00 bits per heavy atom. The molecule has 0 saturated carbocycles. The van der Waals surface area contributed by atoms with Gasteiger partial charge in [-0.15, -0.1) is 0 Å². The molecular weight excluding hydrogens is 1760 g/mol. The summed E-state index contributed by atoms with van der Waals surface area (Å²) in [5, 5.41) is 31.5. The third-order valence-corrected chi connectivity index (χ3v) is 18.9. The van der Waals surface area contributed by atoms with Gasteiger partial charge in [0.15, 0.2) is 0 Å². The number of piperidine rings is 4. The van der Waals surface area contributed by atoms with E-state index >= 15 is 0 Å². The minimum Gasteiger partial charge on any atom is -0.474 e. The Morgan fingerprint density at radius 1 is 0.455 bits per heavy atom. The molecule has 4 aromatic carbocycles. The Morgan fingerprint density at radius 2 is 0.727 bits per heavy atom. The van der Waals surface area contributed by atoms with Crippen LogP contribution in [-0.2, 0) is 18.9 Å². The van der Waals surface area contributed by atoms with Crippen LogP contribution in [0.1, 0.15) is 164 Å². The van der Waals surface area contributed by atoms with E-state index < -0.39 is 117 Å². The lowest BCUT2D eigenvalue weighted by Gasteiger charge is -2.43. The van der Waals surface area contributed by atoms with Crippen LogP contribution in [0, 0.1) is 53.7 Å². The molecule has 23 nitrogen and oxygen atoms in total. The number of nitrogen functional groups attached to an aromatic ring is 1. The van der Waals surface area contributed by atoms with Crippen molar-refractivity contribution in [3.8, 4) is 17.2 Å². The number of amides is 4. The highest BCUT2D eigenvalue weighted by molar-refractivity contribution is 9.11. The Hall–Kier alpha value is -6.57. The maximum Gasteiger partial charge on any atom is 0.430 e. The first kappa shape index (κ1) is 95.8. The lowest BCUT2D eigenvalue weighted by Crippen LogP contribution is -2.62. The zero-order valence-corrected chi connectivity index (χ0v) is 71.0. The number of nitro benzene ring substituents is 2. The summed E-state index contributed by atoms with van der Waals surface area (Å²) >= 11 is 18.3. The molecule has 8 rings (SSSR count). The van der Waals surface area contributed by atoms with Crippen molar-refractivity contribution in [2.75, 3.05) is 58.1 Å². The zero-order chi connectivity index (χ0) is 84.4. The maximum atomic E-state index is 14.1. The molecule has 3 N–H and O–H groups in total. The molecule has 110 heavy (non-hydrogen) atoms. The summed E-state index contributed by atoms with van der Waals surface area (Å²) in [5.41, 5.74) is -4.29. The number of carbonyl (C=O) groups is 4. The summed E-state index contributed by atoms with van der Waals surface area (Å²) < 4.78 is 178. The number of aliphatic hydroxyl groups is 1. The third kappa shape index (κ3) is 27.9. The second-order valence-corrected chi connectivity index (χ2v) is 35.0. The number of likely N-dealkylation sites (tertiary alicyclic amines) is 4. The fourth-order valence-electron chi connectivity index (χ4n) is 11.4. The van der Waals surface area contributed by atoms with E-state index in [1.54, 1.807) is 94.1 Å². The highest BCUT2D eigenvalue weighted by Crippen LogP contribution is 2.49. The predicted octanol–water partition coefficient (Wildman–Crippen LogP) is 21.1. The Balaban J connectivity index is 0.000000300. The summed E-state index contributed by atoms with van der Waals surface area (Å²) in [6.45, 7) is 27.7. The lowest BCUT2D eigenvalue weighted by molar-refractivity contribution is -0.385. The van der Waals surface area contributed by atoms with E-state index in [2.05, 4.69) is 63.7 Å². The largest absolute Gasteiger partial charge is 0.474 e. The summed E-state index contributed by atoms with van der Waals surface area (Å²) in [6.07, 6.45) is -15.9. The molecule has 0 aliphatic carbocycles. The van der Waals surface area contributed by atoms with Crippen LogP contribution in [0.5, 0.6) is 17.2 Å². The molecule has 0 bridgehead atoms. The molecular formula is C72H94Br4ClF10N7O16. The van der Waals surface area contributed by atoms with Gasteiger partial charge < -0.3 is 63.6 Å². The van der Waals surface area contributed by atoms with Crippen LogP contribution in [0.2, 0.25) is 5.02 Å². The number of nitrogens with two attached hydrogens (primary N) is 1. The number of anilines is 1. The van der Waals surface area contributed by atoms with Gasteiger partial charge in [-0.05, 0) is 279 Å². The number of hydrogen-bond acceptors (Lipinski definition) is 17. The number of hydrogen-bond donors (Lipinski definition) is 2. The van der Waals surface area contributed by atoms with Crippen LogP contribution >= 0.6 is 75.3 Å². The second-order valence-electron chi connectivity index (χ2n) is 31.1. The van der Waals surface area contributed by atoms with Crippen molar-refractivity contribution in [3.05, 3.63) is 120 Å². The summed E-state index contributed by atoms with van der Waals surface area (Å²) in [4.78, 5) is 73.4. The molecule has 38 heteroatoms. The number of aryl methyl sites for hydroxylation is 4. The molecule has 4 aromatic rings. The molecule has 4 aliphatic rings. The fourth-order valence-corrected chi connectivity index (χ4v) is 14.3. The Kier molecular flexibility index (Phi) is 32.4. The fraction of sp³-hybridized carbons (Fsp3) is 0.611. The van der Waals surface area contributed by atoms with Crippen molar-refractivity contribution < 1.29 is 111 Å². The minimum absolute atomic E-state index is 0.0298. The summed E-state index contributed by atoms with van der Waals surface area (Å²) in [7, 11) is 0. The number of ether oxygens (including phenoxy) is 7. The monoisotopic (exact) mass is 1850 g/mol. The van der Waals surface area contributed by atoms with E-state index in [0.717, 1.165) is 45.7 Å². The first-order chi connectivity index (χ1) is 49.8. The predicted molar refractivity (Wildman–Crippen MR) is 405 cm³/mol. The van der Waals surface area contributed by atoms with Crippen molar-refractivity contribution in [1.29, 1.82) is 0 Å². The molecule has 618 valence electrons. The average Bonchev–Trinajstić information content (AvgIpc) is 0.771. The van der Waals surface area contributed by atoms with E-state index in [1.165, 1.54) is 38.1 Å². The molecule has 0 spiro atoms. The number of halogens is 15. The number of benzene rings is 4. The number of carbonyl (C=O) groups excluding carboxylic acids is 4. The molecule has 0 aromatic heterocycles. The smallest absolute Gasteiger partial charge is 0.430 e. The number of rotatable bonds is 8. The topological polar surface area (TPSA) is 278 Å². The van der Waals surface area contributed by atoms with Gasteiger partial charge in [0.25, 0.3) is 11.4 Å². The van der Waals surface area contributed by atoms with Gasteiger partial charge in [-0.2, -0.15) is 39.5 Å². The van der Waals surface area contributed by atoms with Crippen molar-refractivity contribution in [2.45, 2.75) is 232 Å². The van der Waals surface area contributed by atoms with E-state index in [0.29, 0.717) is 43.9 Å². The Labute approximate surface area is 670 Å². The standard InChI is InChI=1S/C18H22BrClF3NO3.C18H22BrF3N2O5.C18H24BrF3N2O3.C11H21NO3.C7H5BrFNO2/c1-11-8-12(20)9-13(19)14(11)26-17(18(21,22)23)6-5-7-24(10-17)15(25)27-16(2,3)4;1-11-8-12(24(26)27)9-13(19)14(11)28-17(18(20,21)22)6-5-7-23(10-17)15(25)29-16(2,3)4;1-11-8-12(23)9-13(19)14(11)26-17(18(20,21)22)6-5-7-24(10-17)15(25)27-16(2,3)4;1-10(2,3)15-9(13)12-7-5-6-11(4,14)8-12;1-4-2-5(10(11)12)3-6(8)7(4)9/h8-9H,5-7,10H2,1-4H3;8-9H,5-7,10H2,1-4H3;8-9H,5-7,10,23H2,1-4H3;14H,5-8H2,1-4H3;2-3H,1H3. The molecule has 4 fully saturated rings. The number of nitro groups is 2. The van der Waals surface area contributed by atoms with Crippen molar-refractivity contribution in [2.24, 2.45) is 0 Å². The van der Waals surface area contributed by atoms with E-state index in [4.69, 9.17) is 50.5 Å². The maximum absolute atomic E-state index is 14.1. The van der Waals surface area contributed by atoms with Crippen molar-refractivity contribution >= 4 is 117 Å². The van der Waals surface area contributed by atoms with Gasteiger partial charge in [0, 0.05) is 61.2 Å². The van der Waals surface area contributed by atoms with Crippen LogP contribution in [0.4, 0.5) is 80.1 Å². The summed E-state index contributed by atoms with van der Waals surface area (Å²) in [6, 6.07) is 10.6. The van der Waals surface area contributed by atoms with Crippen molar-refractivity contribution in [1.82, 2.24) is 19.6 Å². The van der Waals surface area contributed by atoms with Gasteiger partial charge >= 0.3 is 42.9 Å². The molecule has 4 atom stereocenters. The molecule has 4 amide bonds. The summed E-state index contributed by atoms with van der Waals surface area (Å²) in [5.74, 6) is -0.491. The molecule has 4 aliphatic heterocycles. The molecule has 4 unspecified atom stereocenters. The Bertz CT molecular complexity index is 3730. The van der Waals surface area contributed by atoms with Crippen LogP contribution in [0.15, 0.2) is 66.4 Å². The van der Waals surface area contributed by atoms with Crippen LogP contribution in [0.25, 0.3) is 0 Å². The molecule has 0 radical (unpaired) electrons. The van der Waals surface area contributed by atoms with Gasteiger partial charge in [-0.1, -0.05) is 11.6 Å².